The number of aliphatic imine (C=N–C) groups is 1. The first-order valence-corrected chi connectivity index (χ1v) is 9.15. The van der Waals surface area contributed by atoms with Crippen LogP contribution in [0.15, 0.2) is 53.5 Å². The van der Waals surface area contributed by atoms with Crippen LogP contribution in [-0.4, -0.2) is 43.1 Å². The largest absolute Gasteiger partial charge is 0.493 e. The fourth-order valence-electron chi connectivity index (χ4n) is 2.31. The van der Waals surface area contributed by atoms with Crippen molar-refractivity contribution in [3.05, 3.63) is 59.7 Å². The number of hydrogen-bond acceptors (Lipinski definition) is 7. The highest BCUT2D eigenvalue weighted by molar-refractivity contribution is 7.78. The van der Waals surface area contributed by atoms with Crippen molar-refractivity contribution in [3.8, 4) is 5.75 Å². The van der Waals surface area contributed by atoms with Gasteiger partial charge in [0.15, 0.2) is 5.78 Å². The average molecular weight is 412 g/mol. The van der Waals surface area contributed by atoms with Gasteiger partial charge in [-0.25, -0.2) is 0 Å². The van der Waals surface area contributed by atoms with E-state index in [0.717, 1.165) is 0 Å². The molecule has 2 rings (SSSR count). The zero-order chi connectivity index (χ0) is 21.2. The molecule has 0 aromatic heterocycles. The van der Waals surface area contributed by atoms with Gasteiger partial charge in [-0.1, -0.05) is 6.92 Å². The summed E-state index contributed by atoms with van der Waals surface area (Å²) in [5, 5.41) is 4.74. The lowest BCUT2D eigenvalue weighted by molar-refractivity contribution is -0.141. The van der Waals surface area contributed by atoms with E-state index in [9.17, 15) is 14.4 Å². The maximum atomic E-state index is 12.5. The quantitative estimate of drug-likeness (QED) is 0.295. The fourth-order valence-corrected chi connectivity index (χ4v) is 2.42. The Morgan fingerprint density at radius 3 is 2.21 bits per heavy atom. The number of methoxy groups -OCH3 is 1. The predicted molar refractivity (Wildman–Crippen MR) is 111 cm³/mol. The molecule has 0 aliphatic rings. The fraction of sp³-hybridized carbons (Fsp3) is 0.238. The van der Waals surface area contributed by atoms with E-state index >= 15 is 0 Å². The molecule has 8 heteroatoms. The lowest BCUT2D eigenvalue weighted by Gasteiger charge is -2.13. The second-order valence-electron chi connectivity index (χ2n) is 6.11. The summed E-state index contributed by atoms with van der Waals surface area (Å²) in [6, 6.07) is 13.4. The van der Waals surface area contributed by atoms with Crippen molar-refractivity contribution in [2.24, 2.45) is 10.9 Å². The summed E-state index contributed by atoms with van der Waals surface area (Å²) in [4.78, 5) is 39.3. The molecule has 2 aromatic rings. The number of thiocarbonyl (C=S) groups is 1. The van der Waals surface area contributed by atoms with Gasteiger partial charge in [0.05, 0.1) is 30.5 Å². The summed E-state index contributed by atoms with van der Waals surface area (Å²) < 4.78 is 10.1. The number of nitrogens with zero attached hydrogens (tertiary/aromatic N) is 1. The van der Waals surface area contributed by atoms with E-state index in [1.807, 2.05) is 0 Å². The Kier molecular flexibility index (Phi) is 8.21. The molecule has 1 N–H and O–H groups in total. The lowest BCUT2D eigenvalue weighted by Crippen LogP contribution is -2.36. The van der Waals surface area contributed by atoms with Gasteiger partial charge in [-0.05, 0) is 60.7 Å². The monoisotopic (exact) mass is 412 g/mol. The maximum absolute atomic E-state index is 12.5. The van der Waals surface area contributed by atoms with Crippen LogP contribution in [0, 0.1) is 5.92 Å². The number of ketones is 1. The van der Waals surface area contributed by atoms with E-state index in [1.54, 1.807) is 55.5 Å². The number of hydrogen-bond donors (Lipinski definition) is 1. The third-order valence-electron chi connectivity index (χ3n) is 4.00. The number of benzene rings is 2. The van der Waals surface area contributed by atoms with Gasteiger partial charge in [-0.3, -0.25) is 14.4 Å². The summed E-state index contributed by atoms with van der Waals surface area (Å²) in [6.45, 7) is 1.62. The molecule has 0 aliphatic heterocycles. The topological polar surface area (TPSA) is 94.1 Å². The standard InChI is InChI=1S/C21H20N2O5S/c1-14(21(26)22-11-19(24)27-2)12-28-18-9-5-16(6-10-18)20(25)15-3-7-17(8-4-15)23-13-29/h3-10,14H,11-12H2,1-2H3,(H,22,26). The Hall–Kier alpha value is -3.35. The molecule has 1 amide bonds. The van der Waals surface area contributed by atoms with Crippen LogP contribution in [0.4, 0.5) is 5.69 Å². The van der Waals surface area contributed by atoms with Gasteiger partial charge < -0.3 is 14.8 Å². The van der Waals surface area contributed by atoms with Crippen molar-refractivity contribution in [2.45, 2.75) is 6.92 Å². The Morgan fingerprint density at radius 1 is 1.07 bits per heavy atom. The van der Waals surface area contributed by atoms with E-state index in [1.165, 1.54) is 7.11 Å². The Labute approximate surface area is 173 Å². The first kappa shape index (κ1) is 21.9. The molecule has 0 bridgehead atoms. The van der Waals surface area contributed by atoms with Crippen LogP contribution in [-0.2, 0) is 14.3 Å². The number of carbonyl (C=O) groups is 3. The third-order valence-corrected chi connectivity index (χ3v) is 4.09. The van der Waals surface area contributed by atoms with Crippen LogP contribution in [0.2, 0.25) is 0 Å². The van der Waals surface area contributed by atoms with Crippen LogP contribution in [0.25, 0.3) is 0 Å². The molecule has 1 atom stereocenters. The Balaban J connectivity index is 1.90. The zero-order valence-corrected chi connectivity index (χ0v) is 16.8. The SMILES string of the molecule is COC(=O)CNC(=O)C(C)COc1ccc(C(=O)c2ccc(N=C=S)cc2)cc1. The Morgan fingerprint density at radius 2 is 1.66 bits per heavy atom. The predicted octanol–water partition coefficient (Wildman–Crippen LogP) is 2.96. The van der Waals surface area contributed by atoms with Crippen molar-refractivity contribution in [2.75, 3.05) is 20.3 Å². The third kappa shape index (κ3) is 6.64. The molecule has 0 saturated heterocycles. The molecular weight excluding hydrogens is 392 g/mol. The van der Waals surface area contributed by atoms with E-state index in [2.05, 4.69) is 32.4 Å². The van der Waals surface area contributed by atoms with Gasteiger partial charge >= 0.3 is 5.97 Å². The van der Waals surface area contributed by atoms with Crippen molar-refractivity contribution in [3.63, 3.8) is 0 Å². The number of ether oxygens (including phenoxy) is 2. The van der Waals surface area contributed by atoms with Gasteiger partial charge in [-0.15, -0.1) is 0 Å². The van der Waals surface area contributed by atoms with Crippen LogP contribution in [0.1, 0.15) is 22.8 Å². The number of rotatable bonds is 9. The van der Waals surface area contributed by atoms with Crippen LogP contribution >= 0.6 is 12.2 Å². The molecule has 2 aromatic carbocycles. The Bertz CT molecular complexity index is 919. The first-order valence-electron chi connectivity index (χ1n) is 8.74. The molecule has 0 radical (unpaired) electrons. The molecule has 1 unspecified atom stereocenters. The van der Waals surface area contributed by atoms with Gasteiger partial charge in [0.25, 0.3) is 0 Å². The van der Waals surface area contributed by atoms with Gasteiger partial charge in [0.1, 0.15) is 12.3 Å². The van der Waals surface area contributed by atoms with Crippen molar-refractivity contribution < 1.29 is 23.9 Å². The lowest BCUT2D eigenvalue weighted by atomic mass is 10.0. The smallest absolute Gasteiger partial charge is 0.325 e. The normalized spacial score (nSPS) is 11.0. The molecule has 7 nitrogen and oxygen atoms in total. The molecule has 0 spiro atoms. The highest BCUT2D eigenvalue weighted by Gasteiger charge is 2.15. The van der Waals surface area contributed by atoms with E-state index < -0.39 is 11.9 Å². The average Bonchev–Trinajstić information content (AvgIpc) is 2.76. The first-order chi connectivity index (χ1) is 13.9. The number of nitrogens with one attached hydrogen (secondary N) is 1. The number of amides is 1. The number of esters is 1. The molecule has 0 saturated carbocycles. The molecular formula is C21H20N2O5S. The van der Waals surface area contributed by atoms with Crippen molar-refractivity contribution in [1.82, 2.24) is 5.32 Å². The molecule has 29 heavy (non-hydrogen) atoms. The van der Waals surface area contributed by atoms with Gasteiger partial charge in [-0.2, -0.15) is 4.99 Å². The molecule has 0 aliphatic carbocycles. The number of isothiocyanates is 1. The molecule has 150 valence electrons. The summed E-state index contributed by atoms with van der Waals surface area (Å²) in [7, 11) is 1.25. The highest BCUT2D eigenvalue weighted by atomic mass is 32.1. The second-order valence-corrected chi connectivity index (χ2v) is 6.29. The number of carbonyl (C=O) groups excluding carboxylic acids is 3. The summed E-state index contributed by atoms with van der Waals surface area (Å²) in [5.41, 5.74) is 1.66. The zero-order valence-electron chi connectivity index (χ0n) is 16.0. The minimum Gasteiger partial charge on any atom is -0.493 e. The van der Waals surface area contributed by atoms with Crippen LogP contribution < -0.4 is 10.1 Å². The van der Waals surface area contributed by atoms with E-state index in [0.29, 0.717) is 22.6 Å². The molecule has 0 heterocycles. The minimum absolute atomic E-state index is 0.127. The van der Waals surface area contributed by atoms with Crippen LogP contribution in [0.5, 0.6) is 5.75 Å². The summed E-state index contributed by atoms with van der Waals surface area (Å²) in [5.74, 6) is -0.907. The van der Waals surface area contributed by atoms with E-state index in [4.69, 9.17) is 4.74 Å². The minimum atomic E-state index is -0.521. The summed E-state index contributed by atoms with van der Waals surface area (Å²) in [6.07, 6.45) is 0. The maximum Gasteiger partial charge on any atom is 0.325 e. The van der Waals surface area contributed by atoms with Crippen molar-refractivity contribution in [1.29, 1.82) is 0 Å². The van der Waals surface area contributed by atoms with Crippen molar-refractivity contribution >= 4 is 40.7 Å². The van der Waals surface area contributed by atoms with Gasteiger partial charge in [0, 0.05) is 11.1 Å². The highest BCUT2D eigenvalue weighted by Crippen LogP contribution is 2.18. The molecule has 0 fully saturated rings. The van der Waals surface area contributed by atoms with Crippen LogP contribution in [0.3, 0.4) is 0 Å². The van der Waals surface area contributed by atoms with Gasteiger partial charge in [0.2, 0.25) is 5.91 Å². The van der Waals surface area contributed by atoms with E-state index in [-0.39, 0.29) is 24.8 Å². The summed E-state index contributed by atoms with van der Waals surface area (Å²) >= 11 is 4.55. The second kappa shape index (κ2) is 10.8.